The number of hydrogen-bond donors (Lipinski definition) is 2. The molecule has 21 heavy (non-hydrogen) atoms. The summed E-state index contributed by atoms with van der Waals surface area (Å²) >= 11 is 6.92. The average Bonchev–Trinajstić information content (AvgIpc) is 2.77. The molecule has 0 aliphatic carbocycles. The van der Waals surface area contributed by atoms with Gasteiger partial charge in [0.05, 0.1) is 28.4 Å². The Morgan fingerprint density at radius 2 is 2.14 bits per heavy atom. The molecule has 9 heteroatoms. The molecule has 0 amide bonds. The van der Waals surface area contributed by atoms with Crippen molar-refractivity contribution in [2.75, 3.05) is 5.32 Å². The highest BCUT2D eigenvalue weighted by molar-refractivity contribution is 7.13. The number of alkyl halides is 3. The fraction of sp³-hybridized carbons (Fsp3) is 0.167. The van der Waals surface area contributed by atoms with E-state index in [2.05, 4.69) is 10.3 Å². The van der Waals surface area contributed by atoms with E-state index in [1.165, 1.54) is 5.38 Å². The van der Waals surface area contributed by atoms with Crippen LogP contribution in [0.15, 0.2) is 23.6 Å². The lowest BCUT2D eigenvalue weighted by molar-refractivity contribution is -0.138. The summed E-state index contributed by atoms with van der Waals surface area (Å²) in [6, 6.07) is 2.89. The number of rotatable bonds is 4. The van der Waals surface area contributed by atoms with Gasteiger partial charge in [-0.1, -0.05) is 11.6 Å². The molecule has 2 aromatic rings. The average molecular weight is 337 g/mol. The number of carboxylic acids is 1. The van der Waals surface area contributed by atoms with E-state index in [1.54, 1.807) is 0 Å². The summed E-state index contributed by atoms with van der Waals surface area (Å²) in [6.07, 6.45) is -4.73. The highest BCUT2D eigenvalue weighted by Crippen LogP contribution is 2.35. The van der Waals surface area contributed by atoms with Crippen molar-refractivity contribution >= 4 is 39.7 Å². The maximum absolute atomic E-state index is 12.6. The van der Waals surface area contributed by atoms with E-state index in [9.17, 15) is 18.0 Å². The molecule has 2 N–H and O–H groups in total. The first kappa shape index (κ1) is 15.6. The second-order valence-corrected chi connectivity index (χ2v) is 5.30. The molecule has 0 saturated carbocycles. The fourth-order valence-electron chi connectivity index (χ4n) is 1.51. The Morgan fingerprint density at radius 1 is 1.43 bits per heavy atom. The molecule has 0 unspecified atom stereocenters. The minimum absolute atomic E-state index is 0.0581. The summed E-state index contributed by atoms with van der Waals surface area (Å²) in [5.74, 6) is -1.04. The van der Waals surface area contributed by atoms with E-state index in [0.717, 1.165) is 29.5 Å². The van der Waals surface area contributed by atoms with Gasteiger partial charge in [0, 0.05) is 5.38 Å². The number of aliphatic carboxylic acids is 1. The topological polar surface area (TPSA) is 62.2 Å². The molecule has 0 fully saturated rings. The third kappa shape index (κ3) is 4.08. The van der Waals surface area contributed by atoms with Gasteiger partial charge >= 0.3 is 12.1 Å². The molecule has 0 atom stereocenters. The zero-order valence-electron chi connectivity index (χ0n) is 10.2. The van der Waals surface area contributed by atoms with Gasteiger partial charge in [0.2, 0.25) is 0 Å². The molecule has 1 heterocycles. The third-order valence-corrected chi connectivity index (χ3v) is 3.56. The van der Waals surface area contributed by atoms with Crippen LogP contribution in [0.3, 0.4) is 0 Å². The van der Waals surface area contributed by atoms with Crippen molar-refractivity contribution in [3.63, 3.8) is 0 Å². The number of carboxylic acid groups (broad SMARTS) is 1. The van der Waals surface area contributed by atoms with Crippen LogP contribution >= 0.6 is 22.9 Å². The summed E-state index contributed by atoms with van der Waals surface area (Å²) in [5, 5.41) is 13.2. The number of thiazole rings is 1. The number of nitrogens with one attached hydrogen (secondary N) is 1. The molecule has 0 spiro atoms. The maximum Gasteiger partial charge on any atom is 0.416 e. The van der Waals surface area contributed by atoms with Crippen molar-refractivity contribution in [2.45, 2.75) is 12.6 Å². The summed E-state index contributed by atoms with van der Waals surface area (Å²) in [7, 11) is 0. The second kappa shape index (κ2) is 5.90. The predicted octanol–water partition coefficient (Wildman–Crippen LogP) is 4.19. The largest absolute Gasteiger partial charge is 0.481 e. The molecule has 2 rings (SSSR count). The lowest BCUT2D eigenvalue weighted by atomic mass is 10.2. The Labute approximate surface area is 126 Å². The highest BCUT2D eigenvalue weighted by atomic mass is 35.5. The Bertz CT molecular complexity index is 673. The number of nitrogens with zero attached hydrogens (tertiary/aromatic N) is 1. The van der Waals surface area contributed by atoms with Crippen LogP contribution in [-0.4, -0.2) is 16.1 Å². The smallest absolute Gasteiger partial charge is 0.416 e. The normalized spacial score (nSPS) is 11.4. The molecule has 0 aliphatic rings. The molecule has 0 aliphatic heterocycles. The van der Waals surface area contributed by atoms with Crippen molar-refractivity contribution in [2.24, 2.45) is 0 Å². The molecule has 1 aromatic carbocycles. The number of carbonyl (C=O) groups is 1. The van der Waals surface area contributed by atoms with E-state index in [0.29, 0.717) is 5.69 Å². The quantitative estimate of drug-likeness (QED) is 0.879. The van der Waals surface area contributed by atoms with E-state index in [4.69, 9.17) is 16.7 Å². The van der Waals surface area contributed by atoms with Crippen molar-refractivity contribution < 1.29 is 23.1 Å². The summed E-state index contributed by atoms with van der Waals surface area (Å²) < 4.78 is 37.9. The van der Waals surface area contributed by atoms with Crippen molar-refractivity contribution in [1.29, 1.82) is 0 Å². The number of halogens is 4. The van der Waals surface area contributed by atoms with Crippen LogP contribution in [0, 0.1) is 0 Å². The van der Waals surface area contributed by atoms with E-state index < -0.39 is 17.7 Å². The molecular formula is C12H8ClF3N2O2S. The summed E-state index contributed by atoms with van der Waals surface area (Å²) in [5.41, 5.74) is -0.461. The van der Waals surface area contributed by atoms with Crippen LogP contribution in [0.4, 0.5) is 24.0 Å². The van der Waals surface area contributed by atoms with Gasteiger partial charge in [0.15, 0.2) is 5.13 Å². The van der Waals surface area contributed by atoms with Crippen LogP contribution in [-0.2, 0) is 17.4 Å². The first-order valence-corrected chi connectivity index (χ1v) is 6.81. The SMILES string of the molecule is O=C(O)Cc1csc(Nc2cc(C(F)(F)F)ccc2Cl)n1. The molecule has 0 saturated heterocycles. The Hall–Kier alpha value is -1.80. The first-order chi connectivity index (χ1) is 9.75. The highest BCUT2D eigenvalue weighted by Gasteiger charge is 2.31. The maximum atomic E-state index is 12.6. The van der Waals surface area contributed by atoms with Gasteiger partial charge in [-0.3, -0.25) is 4.79 Å². The minimum Gasteiger partial charge on any atom is -0.481 e. The molecular weight excluding hydrogens is 329 g/mol. The van der Waals surface area contributed by atoms with Crippen LogP contribution < -0.4 is 5.32 Å². The zero-order chi connectivity index (χ0) is 15.6. The predicted molar refractivity (Wildman–Crippen MR) is 73.2 cm³/mol. The lowest BCUT2D eigenvalue weighted by Gasteiger charge is -2.10. The molecule has 112 valence electrons. The third-order valence-electron chi connectivity index (χ3n) is 2.42. The van der Waals surface area contributed by atoms with Gasteiger partial charge in [-0.15, -0.1) is 11.3 Å². The van der Waals surface area contributed by atoms with Crippen molar-refractivity contribution in [3.05, 3.63) is 39.9 Å². The number of benzene rings is 1. The van der Waals surface area contributed by atoms with E-state index >= 15 is 0 Å². The monoisotopic (exact) mass is 336 g/mol. The van der Waals surface area contributed by atoms with E-state index in [-0.39, 0.29) is 22.3 Å². The van der Waals surface area contributed by atoms with Crippen molar-refractivity contribution in [1.82, 2.24) is 4.98 Å². The Balaban J connectivity index is 2.22. The van der Waals surface area contributed by atoms with Crippen LogP contribution in [0.5, 0.6) is 0 Å². The number of anilines is 2. The van der Waals surface area contributed by atoms with Crippen LogP contribution in [0.25, 0.3) is 0 Å². The van der Waals surface area contributed by atoms with Gasteiger partial charge in [-0.05, 0) is 18.2 Å². The molecule has 0 bridgehead atoms. The molecule has 1 aromatic heterocycles. The van der Waals surface area contributed by atoms with Gasteiger partial charge < -0.3 is 10.4 Å². The number of hydrogen-bond acceptors (Lipinski definition) is 4. The second-order valence-electron chi connectivity index (χ2n) is 4.03. The number of aromatic nitrogens is 1. The van der Waals surface area contributed by atoms with Crippen LogP contribution in [0.2, 0.25) is 5.02 Å². The zero-order valence-corrected chi connectivity index (χ0v) is 11.8. The minimum atomic E-state index is -4.47. The van der Waals surface area contributed by atoms with Gasteiger partial charge in [-0.25, -0.2) is 4.98 Å². The fourth-order valence-corrected chi connectivity index (χ4v) is 2.40. The Morgan fingerprint density at radius 3 is 2.76 bits per heavy atom. The van der Waals surface area contributed by atoms with E-state index in [1.807, 2.05) is 0 Å². The molecule has 4 nitrogen and oxygen atoms in total. The molecule has 0 radical (unpaired) electrons. The van der Waals surface area contributed by atoms with Gasteiger partial charge in [0.25, 0.3) is 0 Å². The van der Waals surface area contributed by atoms with Crippen LogP contribution in [0.1, 0.15) is 11.3 Å². The standard InChI is InChI=1S/C12H8ClF3N2O2S/c13-8-2-1-6(12(14,15)16)3-9(8)18-11-17-7(5-21-11)4-10(19)20/h1-3,5H,4H2,(H,17,18)(H,19,20). The summed E-state index contributed by atoms with van der Waals surface area (Å²) in [6.45, 7) is 0. The Kier molecular flexibility index (Phi) is 4.38. The van der Waals surface area contributed by atoms with Crippen molar-refractivity contribution in [3.8, 4) is 0 Å². The van der Waals surface area contributed by atoms with Gasteiger partial charge in [-0.2, -0.15) is 13.2 Å². The first-order valence-electron chi connectivity index (χ1n) is 5.55. The lowest BCUT2D eigenvalue weighted by Crippen LogP contribution is -2.05. The summed E-state index contributed by atoms with van der Waals surface area (Å²) in [4.78, 5) is 14.5. The van der Waals surface area contributed by atoms with Gasteiger partial charge in [0.1, 0.15) is 0 Å².